The summed E-state index contributed by atoms with van der Waals surface area (Å²) in [5, 5.41) is 17.7. The van der Waals surface area contributed by atoms with Crippen LogP contribution in [0.25, 0.3) is 0 Å². The van der Waals surface area contributed by atoms with E-state index in [0.717, 1.165) is 19.3 Å². The van der Waals surface area contributed by atoms with Crippen molar-refractivity contribution in [1.82, 2.24) is 0 Å². The molecule has 0 radical (unpaired) electrons. The number of rotatable bonds is 13. The molecule has 0 aromatic rings. The predicted octanol–water partition coefficient (Wildman–Crippen LogP) is 4.50. The van der Waals surface area contributed by atoms with Gasteiger partial charge in [0.2, 0.25) is 0 Å². The van der Waals surface area contributed by atoms with Crippen LogP contribution in [0.1, 0.15) is 71.1 Å². The zero-order valence-corrected chi connectivity index (χ0v) is 15.2. The maximum atomic E-state index is 10.9. The van der Waals surface area contributed by atoms with E-state index in [9.17, 15) is 9.59 Å². The predicted molar refractivity (Wildman–Crippen MR) is 99.8 cm³/mol. The van der Waals surface area contributed by atoms with Crippen molar-refractivity contribution in [1.29, 1.82) is 0 Å². The van der Waals surface area contributed by atoms with Gasteiger partial charge in [-0.1, -0.05) is 69.8 Å². The van der Waals surface area contributed by atoms with E-state index in [2.05, 4.69) is 37.2 Å². The SMILES string of the molecule is C=C[C@@H](C#CC#C[C@@H](CCCCCCCCC)CC(=O)O)CC(=O)O. The molecule has 0 rings (SSSR count). The van der Waals surface area contributed by atoms with Crippen LogP contribution in [0.5, 0.6) is 0 Å². The molecule has 0 bridgehead atoms. The molecular formula is C21H30O4. The average Bonchev–Trinajstić information content (AvgIpc) is 2.55. The van der Waals surface area contributed by atoms with Crippen LogP contribution in [0.4, 0.5) is 0 Å². The number of carbonyl (C=O) groups is 2. The second-order valence-corrected chi connectivity index (χ2v) is 6.18. The van der Waals surface area contributed by atoms with Gasteiger partial charge in [0.1, 0.15) is 0 Å². The molecule has 2 atom stereocenters. The Morgan fingerprint density at radius 2 is 1.48 bits per heavy atom. The third kappa shape index (κ3) is 15.1. The Morgan fingerprint density at radius 1 is 0.920 bits per heavy atom. The van der Waals surface area contributed by atoms with Gasteiger partial charge >= 0.3 is 11.9 Å². The molecule has 0 saturated heterocycles. The standard InChI is InChI=1S/C21H30O4/c1-3-5-6-7-8-9-10-14-19(17-21(24)25)15-12-11-13-18(4-2)16-20(22)23/h4,18-19H,2-3,5-10,14,16-17H2,1H3,(H,22,23)(H,24,25)/t18-,19+/m0/s1. The minimum absolute atomic E-state index is 0.0184. The number of allylic oxidation sites excluding steroid dienone is 1. The van der Waals surface area contributed by atoms with Gasteiger partial charge in [-0.05, 0) is 18.3 Å². The summed E-state index contributed by atoms with van der Waals surface area (Å²) in [6.45, 7) is 5.74. The highest BCUT2D eigenvalue weighted by Crippen LogP contribution is 2.15. The van der Waals surface area contributed by atoms with Crippen LogP contribution in [-0.2, 0) is 9.59 Å². The van der Waals surface area contributed by atoms with Crippen LogP contribution in [0.2, 0.25) is 0 Å². The number of carboxylic acids is 2. The minimum Gasteiger partial charge on any atom is -0.481 e. The van der Waals surface area contributed by atoms with Gasteiger partial charge in [-0.2, -0.15) is 0 Å². The van der Waals surface area contributed by atoms with Crippen LogP contribution in [0.3, 0.4) is 0 Å². The second kappa shape index (κ2) is 15.3. The van der Waals surface area contributed by atoms with Gasteiger partial charge in [-0.15, -0.1) is 6.58 Å². The average molecular weight is 346 g/mol. The zero-order valence-electron chi connectivity index (χ0n) is 15.2. The number of hydrogen-bond donors (Lipinski definition) is 2. The summed E-state index contributed by atoms with van der Waals surface area (Å²) in [5.74, 6) is 8.53. The number of hydrogen-bond acceptors (Lipinski definition) is 2. The Bertz CT molecular complexity index is 528. The van der Waals surface area contributed by atoms with E-state index < -0.39 is 17.9 Å². The first-order valence-electron chi connectivity index (χ1n) is 9.06. The van der Waals surface area contributed by atoms with Gasteiger partial charge in [-0.25, -0.2) is 0 Å². The quantitative estimate of drug-likeness (QED) is 0.292. The van der Waals surface area contributed by atoms with Crippen molar-refractivity contribution in [2.75, 3.05) is 0 Å². The molecule has 0 unspecified atom stereocenters. The van der Waals surface area contributed by atoms with Gasteiger partial charge < -0.3 is 10.2 Å². The third-order valence-corrected chi connectivity index (χ3v) is 3.85. The molecule has 0 aromatic carbocycles. The van der Waals surface area contributed by atoms with E-state index in [1.165, 1.54) is 38.2 Å². The molecule has 0 aliphatic rings. The van der Waals surface area contributed by atoms with Crippen molar-refractivity contribution in [3.05, 3.63) is 12.7 Å². The summed E-state index contributed by atoms with van der Waals surface area (Å²) in [6, 6.07) is 0. The van der Waals surface area contributed by atoms with Gasteiger partial charge in [0.15, 0.2) is 0 Å². The molecule has 4 heteroatoms. The zero-order chi connectivity index (χ0) is 18.9. The normalized spacial score (nSPS) is 12.0. The molecule has 0 spiro atoms. The van der Waals surface area contributed by atoms with Crippen molar-refractivity contribution in [3.8, 4) is 23.7 Å². The maximum absolute atomic E-state index is 10.9. The molecule has 25 heavy (non-hydrogen) atoms. The smallest absolute Gasteiger partial charge is 0.304 e. The van der Waals surface area contributed by atoms with E-state index in [4.69, 9.17) is 10.2 Å². The minimum atomic E-state index is -0.935. The van der Waals surface area contributed by atoms with Gasteiger partial charge in [0.25, 0.3) is 0 Å². The van der Waals surface area contributed by atoms with Crippen molar-refractivity contribution < 1.29 is 19.8 Å². The highest BCUT2D eigenvalue weighted by molar-refractivity contribution is 5.68. The molecule has 4 nitrogen and oxygen atoms in total. The highest BCUT2D eigenvalue weighted by Gasteiger charge is 2.10. The lowest BCUT2D eigenvalue weighted by atomic mass is 9.97. The summed E-state index contributed by atoms with van der Waals surface area (Å²) < 4.78 is 0. The lowest BCUT2D eigenvalue weighted by Crippen LogP contribution is -2.06. The third-order valence-electron chi connectivity index (χ3n) is 3.85. The number of carboxylic acid groups (broad SMARTS) is 2. The van der Waals surface area contributed by atoms with Crippen molar-refractivity contribution in [3.63, 3.8) is 0 Å². The lowest BCUT2D eigenvalue weighted by Gasteiger charge is -2.07. The van der Waals surface area contributed by atoms with Crippen LogP contribution >= 0.6 is 0 Å². The Balaban J connectivity index is 4.38. The first-order chi connectivity index (χ1) is 12.0. The molecule has 0 fully saturated rings. The second-order valence-electron chi connectivity index (χ2n) is 6.18. The van der Waals surface area contributed by atoms with E-state index >= 15 is 0 Å². The summed E-state index contributed by atoms with van der Waals surface area (Å²) in [4.78, 5) is 21.6. The summed E-state index contributed by atoms with van der Waals surface area (Å²) in [7, 11) is 0. The number of aliphatic carboxylic acids is 2. The number of unbranched alkanes of at least 4 members (excludes halogenated alkanes) is 6. The summed E-state index contributed by atoms with van der Waals surface area (Å²) in [6.07, 6.45) is 10.4. The van der Waals surface area contributed by atoms with Crippen LogP contribution in [-0.4, -0.2) is 22.2 Å². The van der Waals surface area contributed by atoms with Crippen LogP contribution in [0, 0.1) is 35.5 Å². The van der Waals surface area contributed by atoms with E-state index in [1.807, 2.05) is 0 Å². The Morgan fingerprint density at radius 3 is 2.04 bits per heavy atom. The molecular weight excluding hydrogens is 316 g/mol. The summed E-state index contributed by atoms with van der Waals surface area (Å²) in [5.41, 5.74) is 0. The highest BCUT2D eigenvalue weighted by atomic mass is 16.4. The molecule has 0 amide bonds. The van der Waals surface area contributed by atoms with Crippen molar-refractivity contribution >= 4 is 11.9 Å². The first-order valence-corrected chi connectivity index (χ1v) is 9.06. The fourth-order valence-corrected chi connectivity index (χ4v) is 2.43. The topological polar surface area (TPSA) is 74.6 Å². The molecule has 138 valence electrons. The van der Waals surface area contributed by atoms with Gasteiger partial charge in [-0.3, -0.25) is 9.59 Å². The van der Waals surface area contributed by atoms with E-state index in [0.29, 0.717) is 0 Å². The molecule has 2 N–H and O–H groups in total. The fourth-order valence-electron chi connectivity index (χ4n) is 2.43. The molecule has 0 saturated carbocycles. The first kappa shape index (κ1) is 22.8. The largest absolute Gasteiger partial charge is 0.481 e. The van der Waals surface area contributed by atoms with Crippen molar-refractivity contribution in [2.24, 2.45) is 11.8 Å². The maximum Gasteiger partial charge on any atom is 0.304 e. The molecule has 0 aliphatic heterocycles. The van der Waals surface area contributed by atoms with E-state index in [1.54, 1.807) is 0 Å². The molecule has 0 heterocycles. The Kier molecular flexibility index (Phi) is 14.0. The van der Waals surface area contributed by atoms with Gasteiger partial charge in [0, 0.05) is 11.8 Å². The fraction of sp³-hybridized carbons (Fsp3) is 0.619. The Hall–Kier alpha value is -2.20. The molecule has 0 aliphatic carbocycles. The molecule has 0 aromatic heterocycles. The summed E-state index contributed by atoms with van der Waals surface area (Å²) >= 11 is 0. The Labute approximate surface area is 151 Å². The van der Waals surface area contributed by atoms with E-state index in [-0.39, 0.29) is 18.8 Å². The van der Waals surface area contributed by atoms with Crippen LogP contribution in [0.15, 0.2) is 12.7 Å². The monoisotopic (exact) mass is 346 g/mol. The van der Waals surface area contributed by atoms with Crippen LogP contribution < -0.4 is 0 Å². The van der Waals surface area contributed by atoms with Crippen molar-refractivity contribution in [2.45, 2.75) is 71.1 Å². The lowest BCUT2D eigenvalue weighted by molar-refractivity contribution is -0.138. The van der Waals surface area contributed by atoms with Gasteiger partial charge in [0.05, 0.1) is 12.8 Å².